The molecule has 22 heavy (non-hydrogen) atoms. The van der Waals surface area contributed by atoms with Crippen LogP contribution >= 0.6 is 0 Å². The van der Waals surface area contributed by atoms with Gasteiger partial charge < -0.3 is 21.1 Å². The topological polar surface area (TPSA) is 88.7 Å². The molecule has 2 aliphatic rings. The highest BCUT2D eigenvalue weighted by molar-refractivity contribution is 6.02. The van der Waals surface area contributed by atoms with Gasteiger partial charge in [0.15, 0.2) is 5.96 Å². The minimum Gasteiger partial charge on any atom is -0.376 e. The Morgan fingerprint density at radius 2 is 2.32 bits per heavy atom. The summed E-state index contributed by atoms with van der Waals surface area (Å²) in [6, 6.07) is 7.80. The molecule has 2 atom stereocenters. The van der Waals surface area contributed by atoms with Crippen LogP contribution in [0.15, 0.2) is 29.3 Å². The Morgan fingerprint density at radius 1 is 1.45 bits per heavy atom. The monoisotopic (exact) mass is 302 g/mol. The van der Waals surface area contributed by atoms with Gasteiger partial charge in [-0.2, -0.15) is 0 Å². The second-order valence-electron chi connectivity index (χ2n) is 5.71. The van der Waals surface area contributed by atoms with Crippen LogP contribution in [0.2, 0.25) is 0 Å². The van der Waals surface area contributed by atoms with E-state index >= 15 is 0 Å². The average molecular weight is 302 g/mol. The minimum absolute atomic E-state index is 0.0536. The molecule has 4 N–H and O–H groups in total. The molecular weight excluding hydrogens is 280 g/mol. The Bertz CT molecular complexity index is 567. The third-order valence-corrected chi connectivity index (χ3v) is 4.14. The van der Waals surface area contributed by atoms with E-state index in [1.807, 2.05) is 24.3 Å². The van der Waals surface area contributed by atoms with Crippen LogP contribution in [0.25, 0.3) is 0 Å². The lowest BCUT2D eigenvalue weighted by molar-refractivity contribution is -0.117. The first kappa shape index (κ1) is 14.8. The number of aliphatic imine (C=N–C) groups is 1. The van der Waals surface area contributed by atoms with Crippen molar-refractivity contribution in [3.8, 4) is 0 Å². The Hall–Kier alpha value is -2.08. The highest BCUT2D eigenvalue weighted by Gasteiger charge is 2.29. The number of carbonyl (C=O) groups is 1. The van der Waals surface area contributed by atoms with Crippen molar-refractivity contribution < 1.29 is 9.53 Å². The molecule has 0 aromatic heterocycles. The van der Waals surface area contributed by atoms with E-state index in [0.29, 0.717) is 25.5 Å². The number of benzene rings is 1. The standard InChI is InChI=1S/C16H22N4O2/c17-16(19-10-11-4-3-9-22-11)18-8-7-13-12-5-1-2-6-14(12)20-15(13)21/h1-2,5-6,11,13H,3-4,7-10H2,(H,20,21)(H3,17,18,19). The van der Waals surface area contributed by atoms with Crippen molar-refractivity contribution in [3.63, 3.8) is 0 Å². The zero-order valence-electron chi connectivity index (χ0n) is 12.5. The van der Waals surface area contributed by atoms with Crippen molar-refractivity contribution in [1.82, 2.24) is 5.32 Å². The van der Waals surface area contributed by atoms with E-state index in [0.717, 1.165) is 30.7 Å². The number of fused-ring (bicyclic) bond motifs is 1. The predicted octanol–water partition coefficient (Wildman–Crippen LogP) is 1.20. The highest BCUT2D eigenvalue weighted by Crippen LogP contribution is 2.33. The number of hydrogen-bond acceptors (Lipinski definition) is 3. The highest BCUT2D eigenvalue weighted by atomic mass is 16.5. The number of carbonyl (C=O) groups excluding carboxylic acids is 1. The molecule has 0 aliphatic carbocycles. The molecule has 1 amide bonds. The quantitative estimate of drug-likeness (QED) is 0.563. The van der Waals surface area contributed by atoms with Crippen LogP contribution in [0.5, 0.6) is 0 Å². The van der Waals surface area contributed by atoms with Gasteiger partial charge in [0.05, 0.1) is 18.6 Å². The Kier molecular flexibility index (Phi) is 4.58. The number of guanidine groups is 1. The first-order chi connectivity index (χ1) is 10.7. The van der Waals surface area contributed by atoms with E-state index < -0.39 is 0 Å². The molecule has 6 heteroatoms. The normalized spacial score (nSPS) is 24.2. The molecule has 1 saturated heterocycles. The zero-order chi connectivity index (χ0) is 15.4. The number of nitrogens with two attached hydrogens (primary N) is 1. The summed E-state index contributed by atoms with van der Waals surface area (Å²) in [5.74, 6) is 0.356. The first-order valence-electron chi connectivity index (χ1n) is 7.79. The summed E-state index contributed by atoms with van der Waals surface area (Å²) in [6.07, 6.45) is 3.05. The lowest BCUT2D eigenvalue weighted by Gasteiger charge is -2.11. The first-order valence-corrected chi connectivity index (χ1v) is 7.79. The fourth-order valence-corrected chi connectivity index (χ4v) is 2.95. The van der Waals surface area contributed by atoms with Gasteiger partial charge in [0.25, 0.3) is 0 Å². The largest absolute Gasteiger partial charge is 0.376 e. The molecule has 0 bridgehead atoms. The Morgan fingerprint density at radius 3 is 3.14 bits per heavy atom. The van der Waals surface area contributed by atoms with Crippen LogP contribution in [0, 0.1) is 0 Å². The van der Waals surface area contributed by atoms with Gasteiger partial charge in [-0.25, -0.2) is 0 Å². The van der Waals surface area contributed by atoms with Crippen LogP contribution in [-0.2, 0) is 9.53 Å². The number of para-hydroxylation sites is 1. The molecule has 1 fully saturated rings. The third kappa shape index (κ3) is 3.39. The van der Waals surface area contributed by atoms with Crippen LogP contribution in [0.3, 0.4) is 0 Å². The molecule has 1 aromatic carbocycles. The average Bonchev–Trinajstić information content (AvgIpc) is 3.13. The molecule has 0 radical (unpaired) electrons. The van der Waals surface area contributed by atoms with Gasteiger partial charge in [0.2, 0.25) is 5.91 Å². The van der Waals surface area contributed by atoms with Crippen molar-refractivity contribution in [2.75, 3.05) is 25.0 Å². The summed E-state index contributed by atoms with van der Waals surface area (Å²) >= 11 is 0. The second-order valence-corrected chi connectivity index (χ2v) is 5.71. The van der Waals surface area contributed by atoms with Crippen molar-refractivity contribution in [2.24, 2.45) is 10.7 Å². The molecule has 1 aromatic rings. The van der Waals surface area contributed by atoms with Crippen molar-refractivity contribution in [3.05, 3.63) is 29.8 Å². The van der Waals surface area contributed by atoms with E-state index in [1.165, 1.54) is 0 Å². The summed E-state index contributed by atoms with van der Waals surface area (Å²) in [6.45, 7) is 2.04. The molecule has 2 heterocycles. The molecule has 2 unspecified atom stereocenters. The summed E-state index contributed by atoms with van der Waals surface area (Å²) in [5, 5.41) is 5.98. The molecule has 3 rings (SSSR count). The van der Waals surface area contributed by atoms with Gasteiger partial charge in [-0.05, 0) is 30.9 Å². The van der Waals surface area contributed by atoms with Crippen LogP contribution < -0.4 is 16.4 Å². The smallest absolute Gasteiger partial charge is 0.232 e. The van der Waals surface area contributed by atoms with Gasteiger partial charge in [-0.1, -0.05) is 18.2 Å². The SMILES string of the molecule is NC(=NCC1CCCO1)NCCC1C(=O)Nc2ccccc21. The number of rotatable bonds is 5. The number of amides is 1. The third-order valence-electron chi connectivity index (χ3n) is 4.14. The summed E-state index contributed by atoms with van der Waals surface area (Å²) in [4.78, 5) is 16.3. The van der Waals surface area contributed by atoms with E-state index in [1.54, 1.807) is 0 Å². The maximum Gasteiger partial charge on any atom is 0.232 e. The van der Waals surface area contributed by atoms with Crippen LogP contribution in [0.1, 0.15) is 30.7 Å². The zero-order valence-corrected chi connectivity index (χ0v) is 12.5. The van der Waals surface area contributed by atoms with Gasteiger partial charge in [-0.3, -0.25) is 9.79 Å². The van der Waals surface area contributed by atoms with E-state index in [4.69, 9.17) is 10.5 Å². The van der Waals surface area contributed by atoms with E-state index in [-0.39, 0.29) is 17.9 Å². The van der Waals surface area contributed by atoms with E-state index in [2.05, 4.69) is 15.6 Å². The minimum atomic E-state index is -0.116. The van der Waals surface area contributed by atoms with Crippen molar-refractivity contribution >= 4 is 17.6 Å². The van der Waals surface area contributed by atoms with Crippen molar-refractivity contribution in [2.45, 2.75) is 31.3 Å². The summed E-state index contributed by atoms with van der Waals surface area (Å²) < 4.78 is 5.50. The fourth-order valence-electron chi connectivity index (χ4n) is 2.95. The molecule has 6 nitrogen and oxygen atoms in total. The maximum atomic E-state index is 12.0. The van der Waals surface area contributed by atoms with Crippen LogP contribution in [0.4, 0.5) is 5.69 Å². The second kappa shape index (κ2) is 6.79. The lowest BCUT2D eigenvalue weighted by atomic mass is 9.97. The predicted molar refractivity (Wildman–Crippen MR) is 85.9 cm³/mol. The number of ether oxygens (including phenoxy) is 1. The molecule has 2 aliphatic heterocycles. The van der Waals surface area contributed by atoms with Crippen molar-refractivity contribution in [1.29, 1.82) is 0 Å². The fraction of sp³-hybridized carbons (Fsp3) is 0.500. The summed E-state index contributed by atoms with van der Waals surface area (Å²) in [7, 11) is 0. The molecule has 0 spiro atoms. The van der Waals surface area contributed by atoms with Gasteiger partial charge in [0.1, 0.15) is 0 Å². The molecule has 0 saturated carbocycles. The molecular formula is C16H22N4O2. The Labute approximate surface area is 130 Å². The maximum absolute atomic E-state index is 12.0. The molecule has 118 valence electrons. The van der Waals surface area contributed by atoms with Gasteiger partial charge in [-0.15, -0.1) is 0 Å². The number of anilines is 1. The number of nitrogens with zero attached hydrogens (tertiary/aromatic N) is 1. The lowest BCUT2D eigenvalue weighted by Crippen LogP contribution is -2.34. The summed E-state index contributed by atoms with van der Waals surface area (Å²) in [5.41, 5.74) is 7.82. The van der Waals surface area contributed by atoms with Crippen LogP contribution in [-0.4, -0.2) is 37.7 Å². The van der Waals surface area contributed by atoms with Gasteiger partial charge in [0, 0.05) is 18.8 Å². The number of hydrogen-bond donors (Lipinski definition) is 3. The number of nitrogens with one attached hydrogen (secondary N) is 2. The Balaban J connectivity index is 1.46. The van der Waals surface area contributed by atoms with Gasteiger partial charge >= 0.3 is 0 Å². The van der Waals surface area contributed by atoms with E-state index in [9.17, 15) is 4.79 Å².